The van der Waals surface area contributed by atoms with Crippen LogP contribution in [0.15, 0.2) is 83.9 Å². The molecule has 8 N–H and O–H groups in total. The van der Waals surface area contributed by atoms with Crippen molar-refractivity contribution in [3.05, 3.63) is 84.4 Å². The summed E-state index contributed by atoms with van der Waals surface area (Å²) in [6, 6.07) is 25.7. The third-order valence-electron chi connectivity index (χ3n) is 4.59. The van der Waals surface area contributed by atoms with Gasteiger partial charge in [-0.1, -0.05) is 48.5 Å². The second-order valence-corrected chi connectivity index (χ2v) is 6.86. The first-order valence-electron chi connectivity index (χ1n) is 9.53. The lowest BCUT2D eigenvalue weighted by molar-refractivity contribution is 1.35. The Morgan fingerprint density at radius 3 is 2.20 bits per heavy atom. The summed E-state index contributed by atoms with van der Waals surface area (Å²) in [6.45, 7) is 0. The van der Waals surface area contributed by atoms with Crippen LogP contribution in [0.3, 0.4) is 0 Å². The molecule has 2 aromatic heterocycles. The van der Waals surface area contributed by atoms with E-state index >= 15 is 0 Å². The van der Waals surface area contributed by atoms with Crippen molar-refractivity contribution in [2.24, 2.45) is 10.7 Å². The first-order valence-corrected chi connectivity index (χ1v) is 9.53. The Hall–Kier alpha value is -4.26. The van der Waals surface area contributed by atoms with Crippen LogP contribution < -0.4 is 17.2 Å². The van der Waals surface area contributed by atoms with Crippen molar-refractivity contribution < 1.29 is 0 Å². The molecule has 1 aliphatic rings. The molecule has 3 aromatic carbocycles. The minimum Gasteiger partial charge on any atom is -0.387 e. The van der Waals surface area contributed by atoms with Crippen LogP contribution in [0.4, 0.5) is 17.5 Å². The highest BCUT2D eigenvalue weighted by Gasteiger charge is 2.09. The van der Waals surface area contributed by atoms with Crippen LogP contribution in [-0.2, 0) is 6.42 Å². The van der Waals surface area contributed by atoms with E-state index < -0.39 is 0 Å². The molecule has 0 unspecified atom stereocenters. The van der Waals surface area contributed by atoms with E-state index in [-0.39, 0.29) is 0 Å². The fraction of sp³-hybridized carbons (Fsp3) is 0.0435. The fourth-order valence-electron chi connectivity index (χ4n) is 3.23. The van der Waals surface area contributed by atoms with E-state index in [4.69, 9.17) is 17.2 Å². The molecule has 30 heavy (non-hydrogen) atoms. The topological polar surface area (TPSA) is 135 Å². The van der Waals surface area contributed by atoms with Gasteiger partial charge in [0.2, 0.25) is 0 Å². The van der Waals surface area contributed by atoms with E-state index in [0.717, 1.165) is 40.3 Å². The van der Waals surface area contributed by atoms with Gasteiger partial charge in [-0.2, -0.15) is 0 Å². The molecule has 0 spiro atoms. The number of hydrogen-bond donors (Lipinski definition) is 5. The number of nitrogens with two attached hydrogens (primary N) is 3. The number of aromatic amines is 2. The van der Waals surface area contributed by atoms with Gasteiger partial charge < -0.3 is 27.2 Å². The molecular weight excluding hydrogens is 374 g/mol. The highest BCUT2D eigenvalue weighted by atomic mass is 15.0. The van der Waals surface area contributed by atoms with Gasteiger partial charge in [-0.25, -0.2) is 9.98 Å². The van der Waals surface area contributed by atoms with Gasteiger partial charge >= 0.3 is 0 Å². The zero-order valence-electron chi connectivity index (χ0n) is 16.3. The lowest BCUT2D eigenvalue weighted by Crippen LogP contribution is -2.09. The average molecular weight is 397 g/mol. The SMILES string of the molecule is NC1=Nc2ccccc2C1.Nc1cc2ccccc2[nH]1.Nc1nc2ccccc2[nH]1. The van der Waals surface area contributed by atoms with Crippen molar-refractivity contribution in [3.63, 3.8) is 0 Å². The number of aromatic nitrogens is 3. The minimum atomic E-state index is 0.473. The lowest BCUT2D eigenvalue weighted by atomic mass is 10.1. The minimum absolute atomic E-state index is 0.473. The summed E-state index contributed by atoms with van der Waals surface area (Å²) in [6.07, 6.45) is 0.816. The molecule has 0 fully saturated rings. The number of benzene rings is 3. The molecular formula is C23H23N7. The monoisotopic (exact) mass is 397 g/mol. The summed E-state index contributed by atoms with van der Waals surface area (Å²) in [4.78, 5) is 14.1. The molecule has 0 atom stereocenters. The molecule has 6 rings (SSSR count). The van der Waals surface area contributed by atoms with E-state index in [1.54, 1.807) is 0 Å². The van der Waals surface area contributed by atoms with Crippen molar-refractivity contribution in [2.45, 2.75) is 6.42 Å². The maximum absolute atomic E-state index is 5.54. The van der Waals surface area contributed by atoms with Crippen molar-refractivity contribution in [1.82, 2.24) is 15.0 Å². The van der Waals surface area contributed by atoms with Crippen molar-refractivity contribution in [1.29, 1.82) is 0 Å². The van der Waals surface area contributed by atoms with Crippen molar-refractivity contribution in [3.8, 4) is 0 Å². The van der Waals surface area contributed by atoms with E-state index in [9.17, 15) is 0 Å². The summed E-state index contributed by atoms with van der Waals surface area (Å²) < 4.78 is 0. The van der Waals surface area contributed by atoms with Gasteiger partial charge in [0.25, 0.3) is 0 Å². The fourth-order valence-corrected chi connectivity index (χ4v) is 3.23. The highest BCUT2D eigenvalue weighted by Crippen LogP contribution is 2.24. The van der Waals surface area contributed by atoms with Crippen molar-refractivity contribution >= 4 is 45.2 Å². The Morgan fingerprint density at radius 2 is 1.43 bits per heavy atom. The van der Waals surface area contributed by atoms with Crippen LogP contribution in [0.25, 0.3) is 21.9 Å². The summed E-state index contributed by atoms with van der Waals surface area (Å²) in [5.41, 5.74) is 21.8. The Labute approximate surface area is 173 Å². The summed E-state index contributed by atoms with van der Waals surface area (Å²) in [5, 5.41) is 1.17. The lowest BCUT2D eigenvalue weighted by Gasteiger charge is -1.91. The zero-order valence-corrected chi connectivity index (χ0v) is 16.3. The second kappa shape index (κ2) is 8.40. The van der Waals surface area contributed by atoms with Crippen LogP contribution in [0.5, 0.6) is 0 Å². The standard InChI is InChI=1S/2C8H8N2.C7H7N3/c2*9-8-5-6-3-1-2-4-7(6)10-8;8-7-9-5-3-1-2-4-6(5)10-7/h1-4H,5H2,(H2,9,10);1-5,10H,9H2;1-4H,(H3,8,9,10). The molecule has 3 heterocycles. The number of para-hydroxylation sites is 4. The second-order valence-electron chi connectivity index (χ2n) is 6.86. The van der Waals surface area contributed by atoms with Gasteiger partial charge in [-0.15, -0.1) is 0 Å². The van der Waals surface area contributed by atoms with Crippen LogP contribution in [0.2, 0.25) is 0 Å². The zero-order chi connectivity index (χ0) is 20.9. The summed E-state index contributed by atoms with van der Waals surface area (Å²) in [5.74, 6) is 1.92. The first-order chi connectivity index (χ1) is 14.6. The largest absolute Gasteiger partial charge is 0.387 e. The molecule has 0 aliphatic carbocycles. The first kappa shape index (κ1) is 19.1. The number of H-pyrrole nitrogens is 2. The van der Waals surface area contributed by atoms with Gasteiger partial charge in [0.05, 0.1) is 16.7 Å². The van der Waals surface area contributed by atoms with Crippen LogP contribution >= 0.6 is 0 Å². The van der Waals surface area contributed by atoms with Crippen LogP contribution in [0.1, 0.15) is 5.56 Å². The molecule has 7 nitrogen and oxygen atoms in total. The predicted octanol–water partition coefficient (Wildman–Crippen LogP) is 4.13. The number of nitrogens with zero attached hydrogens (tertiary/aromatic N) is 2. The smallest absolute Gasteiger partial charge is 0.198 e. The number of imidazole rings is 1. The van der Waals surface area contributed by atoms with Crippen LogP contribution in [-0.4, -0.2) is 20.8 Å². The maximum atomic E-state index is 5.54. The van der Waals surface area contributed by atoms with E-state index in [1.165, 1.54) is 10.9 Å². The number of nitrogens with one attached hydrogen (secondary N) is 2. The molecule has 7 heteroatoms. The van der Waals surface area contributed by atoms with Crippen molar-refractivity contribution in [2.75, 3.05) is 11.5 Å². The predicted molar refractivity (Wildman–Crippen MR) is 125 cm³/mol. The number of anilines is 2. The molecule has 0 bridgehead atoms. The molecule has 5 aromatic rings. The van der Waals surface area contributed by atoms with Gasteiger partial charge in [0.15, 0.2) is 5.95 Å². The van der Waals surface area contributed by atoms with Gasteiger partial charge in [0, 0.05) is 17.3 Å². The Bertz CT molecular complexity index is 1180. The Balaban J connectivity index is 0.000000109. The highest BCUT2D eigenvalue weighted by molar-refractivity contribution is 5.90. The number of fused-ring (bicyclic) bond motifs is 3. The van der Waals surface area contributed by atoms with Gasteiger partial charge in [-0.3, -0.25) is 0 Å². The molecule has 0 radical (unpaired) electrons. The molecule has 1 aliphatic heterocycles. The summed E-state index contributed by atoms with van der Waals surface area (Å²) >= 11 is 0. The third-order valence-corrected chi connectivity index (χ3v) is 4.59. The number of rotatable bonds is 0. The van der Waals surface area contributed by atoms with E-state index in [0.29, 0.717) is 5.95 Å². The van der Waals surface area contributed by atoms with E-state index in [2.05, 4.69) is 26.0 Å². The normalized spacial score (nSPS) is 11.8. The Kier molecular flexibility index (Phi) is 5.34. The van der Waals surface area contributed by atoms with E-state index in [1.807, 2.05) is 72.8 Å². The number of amidine groups is 1. The molecule has 0 saturated carbocycles. The maximum Gasteiger partial charge on any atom is 0.198 e. The molecule has 0 saturated heterocycles. The quantitative estimate of drug-likeness (QED) is 0.268. The van der Waals surface area contributed by atoms with Gasteiger partial charge in [-0.05, 0) is 35.9 Å². The number of nitrogen functional groups attached to an aromatic ring is 2. The van der Waals surface area contributed by atoms with Gasteiger partial charge in [0.1, 0.15) is 11.7 Å². The number of hydrogen-bond acceptors (Lipinski definition) is 5. The Morgan fingerprint density at radius 1 is 0.733 bits per heavy atom. The molecule has 0 amide bonds. The molecule has 150 valence electrons. The number of aliphatic imine (C=N–C) groups is 1. The third kappa shape index (κ3) is 4.41. The average Bonchev–Trinajstić information content (AvgIpc) is 3.41. The summed E-state index contributed by atoms with van der Waals surface area (Å²) in [7, 11) is 0. The van der Waals surface area contributed by atoms with Crippen LogP contribution in [0, 0.1) is 0 Å².